The fraction of sp³-hybridized carbons (Fsp3) is 0.579. The van der Waals surface area contributed by atoms with Crippen LogP contribution in [0.2, 0.25) is 0 Å². The van der Waals surface area contributed by atoms with Gasteiger partial charge in [-0.1, -0.05) is 25.5 Å². The van der Waals surface area contributed by atoms with Crippen LogP contribution in [0.3, 0.4) is 0 Å². The van der Waals surface area contributed by atoms with Crippen molar-refractivity contribution in [2.45, 2.75) is 59.3 Å². The van der Waals surface area contributed by atoms with Crippen LogP contribution < -0.4 is 11.5 Å². The van der Waals surface area contributed by atoms with Crippen LogP contribution in [0.4, 0.5) is 0 Å². The molecule has 0 aromatic heterocycles. The van der Waals surface area contributed by atoms with Gasteiger partial charge < -0.3 is 11.5 Å². The molecule has 1 aliphatic rings. The molecule has 0 bridgehead atoms. The number of nitrogens with zero attached hydrogens (tertiary/aromatic N) is 1. The van der Waals surface area contributed by atoms with E-state index in [9.17, 15) is 4.79 Å². The Morgan fingerprint density at radius 2 is 2.04 bits per heavy atom. The number of hydrogen-bond acceptors (Lipinski definition) is 3. The van der Waals surface area contributed by atoms with E-state index in [2.05, 4.69) is 18.5 Å². The zero-order chi connectivity index (χ0) is 17.5. The maximum Gasteiger partial charge on any atom is 0.221 e. The number of rotatable bonds is 10. The average molecular weight is 317 g/mol. The quantitative estimate of drug-likeness (QED) is 0.474. The summed E-state index contributed by atoms with van der Waals surface area (Å²) in [5, 5.41) is 0. The number of primary amides is 1. The Kier molecular flexibility index (Phi) is 7.27. The zero-order valence-corrected chi connectivity index (χ0v) is 14.8. The molecule has 0 aliphatic heterocycles. The molecule has 4 heteroatoms. The summed E-state index contributed by atoms with van der Waals surface area (Å²) in [6, 6.07) is 0. The zero-order valence-electron chi connectivity index (χ0n) is 14.8. The smallest absolute Gasteiger partial charge is 0.221 e. The highest BCUT2D eigenvalue weighted by atomic mass is 16.1. The summed E-state index contributed by atoms with van der Waals surface area (Å²) in [7, 11) is 0. The van der Waals surface area contributed by atoms with E-state index in [0.717, 1.165) is 55.4 Å². The maximum absolute atomic E-state index is 11.8. The highest BCUT2D eigenvalue weighted by Crippen LogP contribution is 2.57. The number of carbonyl (C=O) groups excluding carboxylic acids is 1. The lowest BCUT2D eigenvalue weighted by Crippen LogP contribution is -2.31. The molecule has 0 radical (unpaired) electrons. The first kappa shape index (κ1) is 19.2. The third-order valence-electron chi connectivity index (χ3n) is 4.77. The molecule has 0 unspecified atom stereocenters. The number of carbonyl (C=O) groups is 1. The largest absolute Gasteiger partial charge is 0.405 e. The first-order valence-electron chi connectivity index (χ1n) is 8.45. The third-order valence-corrected chi connectivity index (χ3v) is 4.77. The summed E-state index contributed by atoms with van der Waals surface area (Å²) in [4.78, 5) is 16.3. The minimum Gasteiger partial charge on any atom is -0.405 e. The van der Waals surface area contributed by atoms with Crippen molar-refractivity contribution in [2.24, 2.45) is 27.8 Å². The number of amides is 1. The van der Waals surface area contributed by atoms with Crippen LogP contribution in [0.5, 0.6) is 0 Å². The first-order chi connectivity index (χ1) is 10.9. The van der Waals surface area contributed by atoms with Crippen LogP contribution in [-0.4, -0.2) is 11.6 Å². The number of hydrogen-bond donors (Lipinski definition) is 2. The lowest BCUT2D eigenvalue weighted by atomic mass is 9.80. The van der Waals surface area contributed by atoms with Crippen LogP contribution in [0.1, 0.15) is 59.3 Å². The van der Waals surface area contributed by atoms with Crippen molar-refractivity contribution in [1.29, 1.82) is 0 Å². The molecule has 0 aromatic rings. The molecular weight excluding hydrogens is 286 g/mol. The molecule has 1 rings (SSSR count). The van der Waals surface area contributed by atoms with E-state index in [1.54, 1.807) is 6.20 Å². The Hall–Kier alpha value is -1.84. The number of aliphatic imine (C=N–C) groups is 1. The second kappa shape index (κ2) is 8.70. The van der Waals surface area contributed by atoms with Crippen molar-refractivity contribution < 1.29 is 4.79 Å². The molecule has 1 aliphatic carbocycles. The van der Waals surface area contributed by atoms with Crippen molar-refractivity contribution in [1.82, 2.24) is 0 Å². The van der Waals surface area contributed by atoms with E-state index in [1.807, 2.05) is 19.9 Å². The van der Waals surface area contributed by atoms with Gasteiger partial charge in [-0.25, -0.2) is 0 Å². The molecule has 1 fully saturated rings. The lowest BCUT2D eigenvalue weighted by molar-refractivity contribution is -0.124. The van der Waals surface area contributed by atoms with Gasteiger partial charge in [-0.05, 0) is 69.2 Å². The van der Waals surface area contributed by atoms with Gasteiger partial charge in [0.25, 0.3) is 0 Å². The normalized spacial score (nSPS) is 17.8. The van der Waals surface area contributed by atoms with Crippen LogP contribution in [-0.2, 0) is 4.79 Å². The van der Waals surface area contributed by atoms with Crippen LogP contribution in [0.15, 0.2) is 41.2 Å². The number of allylic oxidation sites excluding steroid dienone is 3. The van der Waals surface area contributed by atoms with E-state index in [-0.39, 0.29) is 17.2 Å². The standard InChI is InChI=1S/C19H31N3O/c1-5-7-16(18(21)23)19(11-12-19)10-8-17(22-6-2)15(9-13-20)14(3)4/h6,9,13,16H,2,5,7-8,10-12,20H2,1,3-4H3,(H2,21,23)/b13-9-,22-17-/t16-/m1/s1. The van der Waals surface area contributed by atoms with Gasteiger partial charge in [-0.15, -0.1) is 0 Å². The van der Waals surface area contributed by atoms with Gasteiger partial charge in [0.05, 0.1) is 0 Å². The fourth-order valence-electron chi connectivity index (χ4n) is 3.37. The Labute approximate surface area is 140 Å². The highest BCUT2D eigenvalue weighted by molar-refractivity contribution is 6.03. The van der Waals surface area contributed by atoms with Gasteiger partial charge in [-0.3, -0.25) is 9.79 Å². The maximum atomic E-state index is 11.8. The highest BCUT2D eigenvalue weighted by Gasteiger charge is 2.50. The first-order valence-corrected chi connectivity index (χ1v) is 8.45. The van der Waals surface area contributed by atoms with Crippen molar-refractivity contribution in [3.63, 3.8) is 0 Å². The lowest BCUT2D eigenvalue weighted by Gasteiger charge is -2.24. The van der Waals surface area contributed by atoms with Crippen LogP contribution in [0.25, 0.3) is 0 Å². The van der Waals surface area contributed by atoms with Crippen LogP contribution in [0, 0.1) is 11.3 Å². The molecule has 0 saturated heterocycles. The summed E-state index contributed by atoms with van der Waals surface area (Å²) in [5.74, 6) is -0.173. The molecule has 0 heterocycles. The molecule has 4 N–H and O–H groups in total. The van der Waals surface area contributed by atoms with Crippen LogP contribution >= 0.6 is 0 Å². The summed E-state index contributed by atoms with van der Waals surface area (Å²) >= 11 is 0. The molecular formula is C19H31N3O. The van der Waals surface area contributed by atoms with Gasteiger partial charge in [0.2, 0.25) is 5.91 Å². The molecule has 0 aromatic carbocycles. The van der Waals surface area contributed by atoms with E-state index >= 15 is 0 Å². The SMILES string of the molecule is C=C/N=C(/CCC1([C@H](CCC)C(N)=O)CC1)C(/C=C\N)=C(C)C. The summed E-state index contributed by atoms with van der Waals surface area (Å²) < 4.78 is 0. The van der Waals surface area contributed by atoms with E-state index in [0.29, 0.717) is 0 Å². The van der Waals surface area contributed by atoms with Gasteiger partial charge >= 0.3 is 0 Å². The predicted molar refractivity (Wildman–Crippen MR) is 97.8 cm³/mol. The predicted octanol–water partition coefficient (Wildman–Crippen LogP) is 3.84. The van der Waals surface area contributed by atoms with Crippen molar-refractivity contribution in [3.05, 3.63) is 36.2 Å². The second-order valence-electron chi connectivity index (χ2n) is 6.64. The minimum atomic E-state index is -0.157. The number of nitrogens with two attached hydrogens (primary N) is 2. The molecule has 1 amide bonds. The summed E-state index contributed by atoms with van der Waals surface area (Å²) in [5.41, 5.74) is 14.5. The van der Waals surface area contributed by atoms with E-state index in [1.165, 1.54) is 6.20 Å². The Balaban J connectivity index is 2.92. The van der Waals surface area contributed by atoms with Crippen molar-refractivity contribution in [3.8, 4) is 0 Å². The van der Waals surface area contributed by atoms with Gasteiger partial charge in [0, 0.05) is 17.8 Å². The topological polar surface area (TPSA) is 81.5 Å². The molecule has 0 spiro atoms. The van der Waals surface area contributed by atoms with Gasteiger partial charge in [0.1, 0.15) is 0 Å². The third kappa shape index (κ3) is 5.08. The summed E-state index contributed by atoms with van der Waals surface area (Å²) in [6.45, 7) is 9.91. The molecule has 1 saturated carbocycles. The average Bonchev–Trinajstić information content (AvgIpc) is 3.27. The molecule has 23 heavy (non-hydrogen) atoms. The van der Waals surface area contributed by atoms with Gasteiger partial charge in [-0.2, -0.15) is 0 Å². The molecule has 1 atom stereocenters. The molecule has 4 nitrogen and oxygen atoms in total. The van der Waals surface area contributed by atoms with Crippen molar-refractivity contribution >= 4 is 11.6 Å². The van der Waals surface area contributed by atoms with E-state index in [4.69, 9.17) is 11.5 Å². The van der Waals surface area contributed by atoms with Crippen molar-refractivity contribution in [2.75, 3.05) is 0 Å². The Bertz CT molecular complexity index is 521. The second-order valence-corrected chi connectivity index (χ2v) is 6.64. The van der Waals surface area contributed by atoms with Gasteiger partial charge in [0.15, 0.2) is 0 Å². The minimum absolute atomic E-state index is 0.0160. The Morgan fingerprint density at radius 1 is 1.39 bits per heavy atom. The summed E-state index contributed by atoms with van der Waals surface area (Å²) in [6.07, 6.45) is 10.8. The van der Waals surface area contributed by atoms with E-state index < -0.39 is 0 Å². The monoisotopic (exact) mass is 317 g/mol. The fourth-order valence-corrected chi connectivity index (χ4v) is 3.37. The molecule has 128 valence electrons. The Morgan fingerprint density at radius 3 is 2.43 bits per heavy atom.